The predicted molar refractivity (Wildman–Crippen MR) is 119 cm³/mol. The summed E-state index contributed by atoms with van der Waals surface area (Å²) in [6.45, 7) is 4.25. The zero-order valence-corrected chi connectivity index (χ0v) is 18.3. The van der Waals surface area contributed by atoms with Gasteiger partial charge in [0.25, 0.3) is 5.69 Å². The maximum atomic E-state index is 13.0. The van der Waals surface area contributed by atoms with E-state index in [2.05, 4.69) is 5.32 Å². The molecule has 2 aromatic carbocycles. The van der Waals surface area contributed by atoms with Crippen molar-refractivity contribution in [3.8, 4) is 0 Å². The molecule has 0 fully saturated rings. The maximum Gasteiger partial charge on any atom is 0.269 e. The van der Waals surface area contributed by atoms with Gasteiger partial charge in [0.05, 0.1) is 10.7 Å². The molecular weight excluding hydrogens is 402 g/mol. The molecule has 0 radical (unpaired) electrons. The molecule has 2 aromatic rings. The van der Waals surface area contributed by atoms with E-state index >= 15 is 0 Å². The van der Waals surface area contributed by atoms with Gasteiger partial charge in [0.1, 0.15) is 6.04 Å². The van der Waals surface area contributed by atoms with E-state index < -0.39 is 11.0 Å². The molecule has 7 nitrogen and oxygen atoms in total. The van der Waals surface area contributed by atoms with Crippen LogP contribution in [0.4, 0.5) is 5.69 Å². The van der Waals surface area contributed by atoms with E-state index in [0.29, 0.717) is 18.7 Å². The highest BCUT2D eigenvalue weighted by Crippen LogP contribution is 2.20. The van der Waals surface area contributed by atoms with E-state index in [9.17, 15) is 19.7 Å². The minimum absolute atomic E-state index is 0.0422. The molecule has 0 aromatic heterocycles. The molecule has 2 amide bonds. The quantitative estimate of drug-likeness (QED) is 0.459. The largest absolute Gasteiger partial charge is 0.357 e. The van der Waals surface area contributed by atoms with Crippen LogP contribution in [0.15, 0.2) is 48.5 Å². The highest BCUT2D eigenvalue weighted by molar-refractivity contribution is 7.99. The summed E-state index contributed by atoms with van der Waals surface area (Å²) >= 11 is 1.43. The Bertz CT molecular complexity index is 886. The van der Waals surface area contributed by atoms with Crippen molar-refractivity contribution in [3.63, 3.8) is 0 Å². The Morgan fingerprint density at radius 2 is 1.83 bits per heavy atom. The van der Waals surface area contributed by atoms with Crippen LogP contribution in [0.5, 0.6) is 0 Å². The SMILES string of the molecule is CC[C@H](C(=O)NC)N(Cc1ccccc1C)C(=O)CSCc1ccc([N+](=O)[O-])cc1. The van der Waals surface area contributed by atoms with Gasteiger partial charge in [-0.05, 0) is 30.0 Å². The Balaban J connectivity index is 2.08. The number of carbonyl (C=O) groups is 2. The summed E-state index contributed by atoms with van der Waals surface area (Å²) in [4.78, 5) is 37.4. The Labute approximate surface area is 181 Å². The van der Waals surface area contributed by atoms with E-state index in [1.54, 1.807) is 24.1 Å². The van der Waals surface area contributed by atoms with Gasteiger partial charge in [0, 0.05) is 31.5 Å². The zero-order chi connectivity index (χ0) is 22.1. The molecule has 0 aliphatic carbocycles. The molecule has 8 heteroatoms. The number of non-ortho nitro benzene ring substituents is 1. The lowest BCUT2D eigenvalue weighted by molar-refractivity contribution is -0.384. The average Bonchev–Trinajstić information content (AvgIpc) is 2.74. The third-order valence-corrected chi connectivity index (χ3v) is 5.86. The number of aryl methyl sites for hydroxylation is 1. The number of rotatable bonds is 10. The second kappa shape index (κ2) is 11.3. The third kappa shape index (κ3) is 6.32. The molecule has 0 bridgehead atoms. The standard InChI is InChI=1S/C22H27N3O4S/c1-4-20(22(27)23-3)24(13-18-8-6-5-7-16(18)2)21(26)15-30-14-17-9-11-19(12-10-17)25(28)29/h5-12,20H,4,13-15H2,1-3H3,(H,23,27)/t20-/m1/s1. The van der Waals surface area contributed by atoms with Crippen LogP contribution in [0.25, 0.3) is 0 Å². The molecule has 30 heavy (non-hydrogen) atoms. The zero-order valence-electron chi connectivity index (χ0n) is 17.5. The van der Waals surface area contributed by atoms with Gasteiger partial charge in [-0.25, -0.2) is 0 Å². The summed E-state index contributed by atoms with van der Waals surface area (Å²) in [6, 6.07) is 13.6. The lowest BCUT2D eigenvalue weighted by Crippen LogP contribution is -2.48. The van der Waals surface area contributed by atoms with E-state index in [1.165, 1.54) is 23.9 Å². The first-order chi connectivity index (χ1) is 14.4. The highest BCUT2D eigenvalue weighted by Gasteiger charge is 2.28. The molecule has 0 heterocycles. The number of nitrogens with one attached hydrogen (secondary N) is 1. The fourth-order valence-corrected chi connectivity index (χ4v) is 3.98. The number of benzene rings is 2. The van der Waals surface area contributed by atoms with Crippen molar-refractivity contribution in [1.29, 1.82) is 0 Å². The molecule has 160 valence electrons. The van der Waals surface area contributed by atoms with Crippen LogP contribution in [-0.2, 0) is 21.9 Å². The summed E-state index contributed by atoms with van der Waals surface area (Å²) < 4.78 is 0. The van der Waals surface area contributed by atoms with Crippen molar-refractivity contribution in [2.24, 2.45) is 0 Å². The molecule has 0 aliphatic rings. The summed E-state index contributed by atoms with van der Waals surface area (Å²) in [6.07, 6.45) is 0.518. The molecular formula is C22H27N3O4S. The van der Waals surface area contributed by atoms with Crippen LogP contribution in [0.1, 0.15) is 30.0 Å². The van der Waals surface area contributed by atoms with Gasteiger partial charge in [-0.1, -0.05) is 43.3 Å². The molecule has 0 spiro atoms. The molecule has 0 unspecified atom stereocenters. The van der Waals surface area contributed by atoms with Gasteiger partial charge in [0.15, 0.2) is 0 Å². The monoisotopic (exact) mass is 429 g/mol. The molecule has 2 rings (SSSR count). The van der Waals surface area contributed by atoms with Crippen LogP contribution < -0.4 is 5.32 Å². The van der Waals surface area contributed by atoms with Crippen LogP contribution in [0, 0.1) is 17.0 Å². The van der Waals surface area contributed by atoms with Crippen LogP contribution in [0.3, 0.4) is 0 Å². The second-order valence-electron chi connectivity index (χ2n) is 6.90. The normalized spacial score (nSPS) is 11.6. The number of nitrogens with zero attached hydrogens (tertiary/aromatic N) is 2. The number of hydrogen-bond acceptors (Lipinski definition) is 5. The number of nitro groups is 1. The molecule has 0 aliphatic heterocycles. The topological polar surface area (TPSA) is 92.6 Å². The summed E-state index contributed by atoms with van der Waals surface area (Å²) in [5.41, 5.74) is 3.02. The van der Waals surface area contributed by atoms with Crippen molar-refractivity contribution < 1.29 is 14.5 Å². The summed E-state index contributed by atoms with van der Waals surface area (Å²) in [5, 5.41) is 13.4. The Morgan fingerprint density at radius 3 is 2.40 bits per heavy atom. The van der Waals surface area contributed by atoms with Gasteiger partial charge in [-0.2, -0.15) is 0 Å². The molecule has 1 N–H and O–H groups in total. The van der Waals surface area contributed by atoms with Crippen LogP contribution in [0.2, 0.25) is 0 Å². The third-order valence-electron chi connectivity index (χ3n) is 4.88. The van der Waals surface area contributed by atoms with Crippen molar-refractivity contribution in [2.75, 3.05) is 12.8 Å². The Kier molecular flexibility index (Phi) is 8.86. The first kappa shape index (κ1) is 23.4. The van der Waals surface area contributed by atoms with Gasteiger partial charge < -0.3 is 10.2 Å². The minimum Gasteiger partial charge on any atom is -0.357 e. The molecule has 0 saturated carbocycles. The van der Waals surface area contributed by atoms with Crippen LogP contribution >= 0.6 is 11.8 Å². The lowest BCUT2D eigenvalue weighted by atomic mass is 10.1. The fourth-order valence-electron chi connectivity index (χ4n) is 3.11. The molecule has 0 saturated heterocycles. The van der Waals surface area contributed by atoms with Crippen LogP contribution in [-0.4, -0.2) is 40.5 Å². The number of carbonyl (C=O) groups excluding carboxylic acids is 2. The smallest absolute Gasteiger partial charge is 0.269 e. The highest BCUT2D eigenvalue weighted by atomic mass is 32.2. The predicted octanol–water partition coefficient (Wildman–Crippen LogP) is 3.69. The van der Waals surface area contributed by atoms with Crippen molar-refractivity contribution in [1.82, 2.24) is 10.2 Å². The fraction of sp³-hybridized carbons (Fsp3) is 0.364. The van der Waals surface area contributed by atoms with E-state index in [-0.39, 0.29) is 23.3 Å². The average molecular weight is 430 g/mol. The number of thioether (sulfide) groups is 1. The van der Waals surface area contributed by atoms with Crippen molar-refractivity contribution in [3.05, 3.63) is 75.3 Å². The van der Waals surface area contributed by atoms with Gasteiger partial charge in [0.2, 0.25) is 11.8 Å². The first-order valence-electron chi connectivity index (χ1n) is 9.74. The number of nitro benzene ring substituents is 1. The van der Waals surface area contributed by atoms with E-state index in [1.807, 2.05) is 38.1 Å². The summed E-state index contributed by atoms with van der Waals surface area (Å²) in [7, 11) is 1.57. The van der Waals surface area contributed by atoms with E-state index in [0.717, 1.165) is 16.7 Å². The number of likely N-dealkylation sites (N-methyl/N-ethyl adjacent to an activating group) is 1. The summed E-state index contributed by atoms with van der Waals surface area (Å²) in [5.74, 6) is 0.482. The number of amides is 2. The number of hydrogen-bond donors (Lipinski definition) is 1. The first-order valence-corrected chi connectivity index (χ1v) is 10.9. The van der Waals surface area contributed by atoms with E-state index in [4.69, 9.17) is 0 Å². The minimum atomic E-state index is -0.540. The maximum absolute atomic E-state index is 13.0. The Hall–Kier alpha value is -2.87. The second-order valence-corrected chi connectivity index (χ2v) is 7.89. The van der Waals surface area contributed by atoms with Crippen molar-refractivity contribution >= 4 is 29.3 Å². The van der Waals surface area contributed by atoms with Gasteiger partial charge in [-0.3, -0.25) is 19.7 Å². The Morgan fingerprint density at radius 1 is 1.17 bits per heavy atom. The van der Waals surface area contributed by atoms with Gasteiger partial charge in [-0.15, -0.1) is 11.8 Å². The van der Waals surface area contributed by atoms with Gasteiger partial charge >= 0.3 is 0 Å². The van der Waals surface area contributed by atoms with Crippen molar-refractivity contribution in [2.45, 2.75) is 38.6 Å². The molecule has 1 atom stereocenters. The lowest BCUT2D eigenvalue weighted by Gasteiger charge is -2.30.